The first-order valence-corrected chi connectivity index (χ1v) is 16.1. The van der Waals surface area contributed by atoms with Crippen molar-refractivity contribution < 1.29 is 33.4 Å². The number of hydrogen-bond acceptors (Lipinski definition) is 8. The highest BCUT2D eigenvalue weighted by Crippen LogP contribution is 2.40. The van der Waals surface area contributed by atoms with Gasteiger partial charge >= 0.3 is 0 Å². The Labute approximate surface area is 271 Å². The lowest BCUT2D eigenvalue weighted by molar-refractivity contribution is -0.145. The average Bonchev–Trinajstić information content (AvgIpc) is 3.43. The number of hydrogen-bond donors (Lipinski definition) is 3. The fourth-order valence-electron chi connectivity index (χ4n) is 5.43. The van der Waals surface area contributed by atoms with Gasteiger partial charge in [0.1, 0.15) is 30.7 Å². The lowest BCUT2D eigenvalue weighted by atomic mass is 9.85. The molecule has 2 aromatic carbocycles. The van der Waals surface area contributed by atoms with Gasteiger partial charge in [-0.05, 0) is 42.4 Å². The zero-order chi connectivity index (χ0) is 33.2. The minimum absolute atomic E-state index is 0.0269. The summed E-state index contributed by atoms with van der Waals surface area (Å²) in [6.45, 7) is 7.41. The molecular formula is C34H39FN4O6S. The number of nitrogens with zero attached hydrogens (tertiary/aromatic N) is 2. The first kappa shape index (κ1) is 33.2. The Hall–Kier alpha value is -4.16. The number of thiazole rings is 1. The Bertz CT molecular complexity index is 1610. The van der Waals surface area contributed by atoms with E-state index in [1.807, 2.05) is 37.3 Å². The summed E-state index contributed by atoms with van der Waals surface area (Å²) in [7, 11) is 0. The van der Waals surface area contributed by atoms with Crippen molar-refractivity contribution in [2.24, 2.45) is 5.41 Å². The van der Waals surface area contributed by atoms with E-state index in [1.165, 1.54) is 16.2 Å². The highest BCUT2D eigenvalue weighted by atomic mass is 32.1. The Balaban J connectivity index is 1.32. The molecule has 2 aliphatic rings. The molecule has 244 valence electrons. The Morgan fingerprint density at radius 2 is 1.91 bits per heavy atom. The van der Waals surface area contributed by atoms with Gasteiger partial charge in [-0.2, -0.15) is 0 Å². The normalized spacial score (nSPS) is 19.3. The lowest BCUT2D eigenvalue weighted by Gasteiger charge is -2.35. The number of benzene rings is 2. The molecule has 1 aliphatic heterocycles. The lowest BCUT2D eigenvalue weighted by Crippen LogP contribution is -2.59. The van der Waals surface area contributed by atoms with Gasteiger partial charge in [-0.25, -0.2) is 9.37 Å². The zero-order valence-electron chi connectivity index (χ0n) is 26.3. The van der Waals surface area contributed by atoms with Gasteiger partial charge in [0, 0.05) is 30.6 Å². The number of aryl methyl sites for hydroxylation is 1. The van der Waals surface area contributed by atoms with Crippen molar-refractivity contribution >= 4 is 35.3 Å². The van der Waals surface area contributed by atoms with Crippen LogP contribution in [0.5, 0.6) is 5.75 Å². The van der Waals surface area contributed by atoms with Crippen molar-refractivity contribution in [2.45, 2.75) is 84.0 Å². The Kier molecular flexibility index (Phi) is 9.59. The number of aliphatic hydroxyl groups excluding tert-OH is 1. The standard InChI is InChI=1S/C34H39FN4O6S/c1-20-28(46-19-37-20)23-9-10-24(27(13-23)45-18-22-7-5-21(17-40)6-8-22)15-36-30(42)26-14-25(41)16-39(26)31(43)29(33(2,3)4)38-32(44)34(35)11-12-34/h5-10,13,17,19,25-26,29,41H,11-12,14-16,18H2,1-4H3,(H,36,42)(H,38,44)/t25-,26+,29?/m1/s1. The van der Waals surface area contributed by atoms with Crippen LogP contribution in [0, 0.1) is 12.3 Å². The van der Waals surface area contributed by atoms with E-state index in [1.54, 1.807) is 38.4 Å². The third-order valence-corrected chi connectivity index (χ3v) is 9.36. The van der Waals surface area contributed by atoms with E-state index in [0.717, 1.165) is 28.0 Å². The second-order valence-corrected chi connectivity index (χ2v) is 13.9. The first-order valence-electron chi connectivity index (χ1n) is 15.3. The molecule has 1 unspecified atom stereocenters. The second-order valence-electron chi connectivity index (χ2n) is 13.1. The highest BCUT2D eigenvalue weighted by molar-refractivity contribution is 7.13. The number of β-amino-alcohol motifs (C(OH)–C–C–N with tert-alkyl or cyclic N) is 1. The molecule has 3 amide bonds. The van der Waals surface area contributed by atoms with Gasteiger partial charge in [0.25, 0.3) is 5.91 Å². The largest absolute Gasteiger partial charge is 0.489 e. The molecule has 1 aromatic heterocycles. The van der Waals surface area contributed by atoms with Gasteiger partial charge in [-0.15, -0.1) is 11.3 Å². The molecule has 5 rings (SSSR count). The number of likely N-dealkylation sites (tertiary alicyclic amines) is 1. The van der Waals surface area contributed by atoms with Crippen LogP contribution in [0.25, 0.3) is 10.4 Å². The summed E-state index contributed by atoms with van der Waals surface area (Å²) in [5, 5.41) is 16.0. The number of aldehydes is 1. The van der Waals surface area contributed by atoms with Crippen LogP contribution in [0.2, 0.25) is 0 Å². The molecule has 1 saturated carbocycles. The summed E-state index contributed by atoms with van der Waals surface area (Å²) >= 11 is 1.51. The molecule has 3 atom stereocenters. The predicted octanol–water partition coefficient (Wildman–Crippen LogP) is 4.12. The molecule has 1 aliphatic carbocycles. The predicted molar refractivity (Wildman–Crippen MR) is 171 cm³/mol. The van der Waals surface area contributed by atoms with E-state index in [0.29, 0.717) is 16.9 Å². The number of ether oxygens (including phenoxy) is 1. The minimum atomic E-state index is -1.96. The van der Waals surface area contributed by atoms with Crippen molar-refractivity contribution in [1.82, 2.24) is 20.5 Å². The van der Waals surface area contributed by atoms with Crippen LogP contribution in [-0.4, -0.2) is 69.4 Å². The van der Waals surface area contributed by atoms with Gasteiger partial charge in [0.05, 0.1) is 22.2 Å². The molecule has 2 fully saturated rings. The molecule has 46 heavy (non-hydrogen) atoms. The van der Waals surface area contributed by atoms with E-state index >= 15 is 0 Å². The summed E-state index contributed by atoms with van der Waals surface area (Å²) in [4.78, 5) is 57.5. The van der Waals surface area contributed by atoms with E-state index in [4.69, 9.17) is 4.74 Å². The first-order chi connectivity index (χ1) is 21.8. The maximum absolute atomic E-state index is 14.5. The topological polar surface area (TPSA) is 138 Å². The van der Waals surface area contributed by atoms with Crippen LogP contribution in [0.1, 0.15) is 67.2 Å². The maximum atomic E-state index is 14.5. The summed E-state index contributed by atoms with van der Waals surface area (Å²) in [6.07, 6.45) is 0.0925. The number of aliphatic hydroxyl groups is 1. The average molecular weight is 651 g/mol. The van der Waals surface area contributed by atoms with Crippen molar-refractivity contribution in [3.8, 4) is 16.2 Å². The van der Waals surface area contributed by atoms with Crippen LogP contribution in [-0.2, 0) is 27.5 Å². The van der Waals surface area contributed by atoms with E-state index < -0.39 is 47.0 Å². The SMILES string of the molecule is Cc1ncsc1-c1ccc(CNC(=O)[C@@H]2C[C@@H](O)CN2C(=O)C(NC(=O)C2(F)CC2)C(C)(C)C)c(OCc2ccc(C=O)cc2)c1. The molecule has 2 heterocycles. The number of carbonyl (C=O) groups is 4. The molecule has 10 nitrogen and oxygen atoms in total. The van der Waals surface area contributed by atoms with Crippen LogP contribution in [0.4, 0.5) is 4.39 Å². The quantitative estimate of drug-likeness (QED) is 0.266. The van der Waals surface area contributed by atoms with Crippen LogP contribution >= 0.6 is 11.3 Å². The van der Waals surface area contributed by atoms with Gasteiger partial charge in [0.2, 0.25) is 11.8 Å². The molecule has 1 saturated heterocycles. The number of rotatable bonds is 11. The molecular weight excluding hydrogens is 611 g/mol. The Morgan fingerprint density at radius 1 is 1.20 bits per heavy atom. The van der Waals surface area contributed by atoms with Crippen molar-refractivity contribution in [2.75, 3.05) is 6.54 Å². The number of amides is 3. The zero-order valence-corrected chi connectivity index (χ0v) is 27.2. The fraction of sp³-hybridized carbons (Fsp3) is 0.441. The van der Waals surface area contributed by atoms with Crippen LogP contribution in [0.15, 0.2) is 48.0 Å². The number of halogens is 1. The molecule has 0 bridgehead atoms. The molecule has 3 aromatic rings. The third-order valence-electron chi connectivity index (χ3n) is 8.39. The number of carbonyl (C=O) groups excluding carboxylic acids is 4. The number of alkyl halides is 1. The highest BCUT2D eigenvalue weighted by Gasteiger charge is 2.53. The minimum Gasteiger partial charge on any atom is -0.489 e. The second kappa shape index (κ2) is 13.3. The van der Waals surface area contributed by atoms with E-state index in [-0.39, 0.29) is 39.0 Å². The number of aromatic nitrogens is 1. The van der Waals surface area contributed by atoms with Crippen LogP contribution in [0.3, 0.4) is 0 Å². The van der Waals surface area contributed by atoms with E-state index in [2.05, 4.69) is 15.6 Å². The summed E-state index contributed by atoms with van der Waals surface area (Å²) in [5.41, 5.74) is 2.94. The summed E-state index contributed by atoms with van der Waals surface area (Å²) in [6, 6.07) is 10.7. The number of nitrogens with one attached hydrogen (secondary N) is 2. The molecule has 0 radical (unpaired) electrons. The van der Waals surface area contributed by atoms with E-state index in [9.17, 15) is 28.7 Å². The van der Waals surface area contributed by atoms with Gasteiger partial charge in [-0.3, -0.25) is 19.2 Å². The van der Waals surface area contributed by atoms with Crippen molar-refractivity contribution in [3.05, 3.63) is 70.4 Å². The third kappa shape index (κ3) is 7.45. The monoisotopic (exact) mass is 650 g/mol. The van der Waals surface area contributed by atoms with Gasteiger partial charge < -0.3 is 25.4 Å². The fourth-order valence-corrected chi connectivity index (χ4v) is 6.23. The van der Waals surface area contributed by atoms with Crippen molar-refractivity contribution in [3.63, 3.8) is 0 Å². The van der Waals surface area contributed by atoms with Gasteiger partial charge in [0.15, 0.2) is 5.67 Å². The van der Waals surface area contributed by atoms with Crippen LogP contribution < -0.4 is 15.4 Å². The summed E-state index contributed by atoms with van der Waals surface area (Å²) < 4.78 is 20.7. The van der Waals surface area contributed by atoms with Crippen molar-refractivity contribution in [1.29, 1.82) is 0 Å². The summed E-state index contributed by atoms with van der Waals surface area (Å²) in [5.74, 6) is -1.30. The smallest absolute Gasteiger partial charge is 0.258 e. The molecule has 12 heteroatoms. The molecule has 0 spiro atoms. The van der Waals surface area contributed by atoms with Gasteiger partial charge in [-0.1, -0.05) is 57.2 Å². The Morgan fingerprint density at radius 3 is 2.52 bits per heavy atom. The maximum Gasteiger partial charge on any atom is 0.258 e. The molecule has 3 N–H and O–H groups in total.